The van der Waals surface area contributed by atoms with Crippen molar-refractivity contribution in [2.24, 2.45) is 17.3 Å². The fourth-order valence-corrected chi connectivity index (χ4v) is 6.61. The minimum atomic E-state index is -1.01. The third-order valence-electron chi connectivity index (χ3n) is 8.68. The Bertz CT molecular complexity index is 1480. The zero-order valence-electron chi connectivity index (χ0n) is 28.2. The maximum Gasteiger partial charge on any atom is 0.306 e. The molecule has 0 saturated carbocycles. The smallest absolute Gasteiger partial charge is 0.306 e. The molecule has 2 aromatic rings. The van der Waals surface area contributed by atoms with Gasteiger partial charge in [-0.2, -0.15) is 0 Å². The van der Waals surface area contributed by atoms with Gasteiger partial charge < -0.3 is 23.7 Å². The second kappa shape index (κ2) is 15.5. The van der Waals surface area contributed by atoms with Crippen molar-refractivity contribution in [1.29, 1.82) is 0 Å². The molecule has 1 amide bonds. The lowest BCUT2D eigenvalue weighted by atomic mass is 9.81. The molecule has 0 N–H and O–H groups in total. The van der Waals surface area contributed by atoms with Gasteiger partial charge in [0.1, 0.15) is 18.0 Å². The molecule has 0 aromatic heterocycles. The SMILES string of the molecule is CCOC(=O)CC1CCN(N2C(=O)[C@@H](CC(C)(C)COC(C)=O)O[C@H](c3cccc(OC)c3OC)c3cc(Cl)ccc32)CC1C(C)=O. The first-order valence-corrected chi connectivity index (χ1v) is 16.2. The van der Waals surface area contributed by atoms with Gasteiger partial charge >= 0.3 is 11.9 Å². The number of nitrogens with zero attached hydrogens (tertiary/aromatic N) is 2. The summed E-state index contributed by atoms with van der Waals surface area (Å²) in [6.07, 6.45) is -1.01. The number of esters is 2. The maximum atomic E-state index is 14.8. The molecular weight excluding hydrogens is 628 g/mol. The van der Waals surface area contributed by atoms with Gasteiger partial charge in [-0.15, -0.1) is 0 Å². The Balaban J connectivity index is 1.84. The average molecular weight is 673 g/mol. The number of benzene rings is 2. The van der Waals surface area contributed by atoms with Crippen LogP contribution in [0.2, 0.25) is 5.02 Å². The zero-order chi connectivity index (χ0) is 34.5. The van der Waals surface area contributed by atoms with Gasteiger partial charge in [-0.05, 0) is 56.9 Å². The lowest BCUT2D eigenvalue weighted by Crippen LogP contribution is -2.57. The Labute approximate surface area is 281 Å². The third-order valence-corrected chi connectivity index (χ3v) is 8.91. The number of ether oxygens (including phenoxy) is 5. The first-order valence-electron chi connectivity index (χ1n) is 15.8. The summed E-state index contributed by atoms with van der Waals surface area (Å²) in [5.74, 6) is -0.981. The number of Topliss-reactive ketones (excluding diaryl/α,β-unsaturated/α-hetero) is 1. The van der Waals surface area contributed by atoms with E-state index in [0.717, 1.165) is 0 Å². The van der Waals surface area contributed by atoms with E-state index in [1.807, 2.05) is 31.0 Å². The molecule has 2 aliphatic heterocycles. The lowest BCUT2D eigenvalue weighted by Gasteiger charge is -2.43. The standard InChI is InChI=1S/C35H45ClN2O9/c1-8-45-31(41)16-23-14-15-37(19-27(23)21(2)39)38-28-13-12-24(36)17-26(28)32(25-10-9-11-29(43-6)33(25)44-7)47-30(34(38)42)18-35(4,5)20-46-22(3)40/h9-13,17,23,27,30,32H,8,14-16,18-20H2,1-7H3/t23?,27?,30-,32-/m1/s1. The van der Waals surface area contributed by atoms with Crippen LogP contribution in [0.4, 0.5) is 5.69 Å². The molecule has 0 radical (unpaired) electrons. The first kappa shape index (κ1) is 36.2. The minimum Gasteiger partial charge on any atom is -0.493 e. The number of para-hydroxylation sites is 1. The number of carbonyl (C=O) groups is 4. The fraction of sp³-hybridized carbons (Fsp3) is 0.543. The molecule has 2 aromatic carbocycles. The number of hydrogen-bond donors (Lipinski definition) is 0. The van der Waals surface area contributed by atoms with Crippen LogP contribution < -0.4 is 14.5 Å². The summed E-state index contributed by atoms with van der Waals surface area (Å²) in [6.45, 7) is 9.36. The number of hydrogen-bond acceptors (Lipinski definition) is 10. The highest BCUT2D eigenvalue weighted by atomic mass is 35.5. The number of carbonyl (C=O) groups excluding carboxylic acids is 4. The van der Waals surface area contributed by atoms with E-state index in [4.69, 9.17) is 35.3 Å². The summed E-state index contributed by atoms with van der Waals surface area (Å²) in [5.41, 5.74) is 1.14. The van der Waals surface area contributed by atoms with E-state index >= 15 is 0 Å². The van der Waals surface area contributed by atoms with Crippen LogP contribution in [-0.2, 0) is 33.4 Å². The fourth-order valence-electron chi connectivity index (χ4n) is 6.43. The Kier molecular flexibility index (Phi) is 11.9. The summed E-state index contributed by atoms with van der Waals surface area (Å²) in [4.78, 5) is 51.9. The molecule has 2 aliphatic rings. The van der Waals surface area contributed by atoms with E-state index in [9.17, 15) is 19.2 Å². The molecule has 1 saturated heterocycles. The second-order valence-electron chi connectivity index (χ2n) is 12.8. The van der Waals surface area contributed by atoms with Crippen LogP contribution in [-0.4, -0.2) is 75.3 Å². The van der Waals surface area contributed by atoms with Gasteiger partial charge in [0.05, 0.1) is 33.1 Å². The van der Waals surface area contributed by atoms with Gasteiger partial charge in [0.25, 0.3) is 5.91 Å². The summed E-state index contributed by atoms with van der Waals surface area (Å²) >= 11 is 6.59. The van der Waals surface area contributed by atoms with Crippen LogP contribution in [0.1, 0.15) is 71.1 Å². The Morgan fingerprint density at radius 2 is 1.79 bits per heavy atom. The highest BCUT2D eigenvalue weighted by Crippen LogP contribution is 2.47. The highest BCUT2D eigenvalue weighted by Gasteiger charge is 2.45. The van der Waals surface area contributed by atoms with E-state index in [1.54, 1.807) is 43.3 Å². The molecule has 4 rings (SSSR count). The van der Waals surface area contributed by atoms with E-state index in [2.05, 4.69) is 0 Å². The minimum absolute atomic E-state index is 0.0723. The van der Waals surface area contributed by atoms with Crippen molar-refractivity contribution in [1.82, 2.24) is 5.01 Å². The van der Waals surface area contributed by atoms with Crippen molar-refractivity contribution in [3.63, 3.8) is 0 Å². The van der Waals surface area contributed by atoms with Crippen molar-refractivity contribution in [2.75, 3.05) is 45.5 Å². The summed E-state index contributed by atoms with van der Waals surface area (Å²) < 4.78 is 28.7. The quantitative estimate of drug-likeness (QED) is 0.265. The Hall–Kier alpha value is -3.67. The summed E-state index contributed by atoms with van der Waals surface area (Å²) in [7, 11) is 3.08. The van der Waals surface area contributed by atoms with Gasteiger partial charge in [0, 0.05) is 53.9 Å². The van der Waals surface area contributed by atoms with Gasteiger partial charge in [-0.25, -0.2) is 10.0 Å². The molecule has 2 heterocycles. The number of amides is 1. The van der Waals surface area contributed by atoms with Crippen LogP contribution in [0.5, 0.6) is 11.5 Å². The van der Waals surface area contributed by atoms with Crippen molar-refractivity contribution < 1.29 is 42.9 Å². The number of fused-ring (bicyclic) bond motifs is 1. The highest BCUT2D eigenvalue weighted by molar-refractivity contribution is 6.30. The van der Waals surface area contributed by atoms with E-state index < -0.39 is 29.5 Å². The first-order chi connectivity index (χ1) is 22.3. The zero-order valence-corrected chi connectivity index (χ0v) is 28.9. The molecule has 11 nitrogen and oxygen atoms in total. The molecule has 4 atom stereocenters. The molecular formula is C35H45ClN2O9. The molecule has 256 valence electrons. The van der Waals surface area contributed by atoms with Crippen LogP contribution in [0.15, 0.2) is 36.4 Å². The molecule has 2 unspecified atom stereocenters. The largest absolute Gasteiger partial charge is 0.493 e. The number of halogens is 1. The van der Waals surface area contributed by atoms with Gasteiger partial charge in [0.15, 0.2) is 11.5 Å². The topological polar surface area (TPSA) is 121 Å². The number of rotatable bonds is 12. The van der Waals surface area contributed by atoms with Gasteiger partial charge in [-0.3, -0.25) is 19.2 Å². The van der Waals surface area contributed by atoms with Crippen LogP contribution in [0.3, 0.4) is 0 Å². The number of hydrazine groups is 1. The van der Waals surface area contributed by atoms with Crippen molar-refractivity contribution in [2.45, 2.75) is 66.1 Å². The predicted molar refractivity (Wildman–Crippen MR) is 175 cm³/mol. The van der Waals surface area contributed by atoms with Gasteiger partial charge in [-0.1, -0.05) is 37.6 Å². The molecule has 0 spiro atoms. The van der Waals surface area contributed by atoms with Crippen molar-refractivity contribution >= 4 is 40.9 Å². The number of methoxy groups -OCH3 is 2. The molecule has 0 bridgehead atoms. The predicted octanol–water partition coefficient (Wildman–Crippen LogP) is 5.55. The average Bonchev–Trinajstić information content (AvgIpc) is 3.13. The number of anilines is 1. The monoisotopic (exact) mass is 672 g/mol. The van der Waals surface area contributed by atoms with E-state index in [1.165, 1.54) is 21.0 Å². The van der Waals surface area contributed by atoms with Crippen molar-refractivity contribution in [3.8, 4) is 11.5 Å². The Morgan fingerprint density at radius 1 is 1.04 bits per heavy atom. The molecule has 12 heteroatoms. The number of piperidine rings is 1. The normalized spacial score (nSPS) is 21.8. The van der Waals surface area contributed by atoms with Crippen LogP contribution in [0, 0.1) is 17.3 Å². The second-order valence-corrected chi connectivity index (χ2v) is 13.2. The molecule has 47 heavy (non-hydrogen) atoms. The lowest BCUT2D eigenvalue weighted by molar-refractivity contribution is -0.148. The van der Waals surface area contributed by atoms with Crippen molar-refractivity contribution in [3.05, 3.63) is 52.5 Å². The molecule has 1 fully saturated rings. The van der Waals surface area contributed by atoms with Gasteiger partial charge in [0.2, 0.25) is 0 Å². The number of ketones is 1. The van der Waals surface area contributed by atoms with E-state index in [0.29, 0.717) is 46.3 Å². The maximum absolute atomic E-state index is 14.8. The summed E-state index contributed by atoms with van der Waals surface area (Å²) in [6, 6.07) is 10.7. The Morgan fingerprint density at radius 3 is 2.43 bits per heavy atom. The summed E-state index contributed by atoms with van der Waals surface area (Å²) in [5, 5.41) is 3.90. The molecule has 0 aliphatic carbocycles. The van der Waals surface area contributed by atoms with Crippen LogP contribution >= 0.6 is 11.6 Å². The van der Waals surface area contributed by atoms with Crippen LogP contribution in [0.25, 0.3) is 0 Å². The van der Waals surface area contributed by atoms with E-state index in [-0.39, 0.29) is 56.2 Å². The third kappa shape index (κ3) is 8.44.